The lowest BCUT2D eigenvalue weighted by Crippen LogP contribution is -2.31. The Kier molecular flexibility index (Phi) is 4.67. The van der Waals surface area contributed by atoms with Crippen LogP contribution < -0.4 is 5.32 Å². The number of nitrogens with zero attached hydrogens (tertiary/aromatic N) is 2. The van der Waals surface area contributed by atoms with Crippen LogP contribution in [0.3, 0.4) is 0 Å². The molecule has 0 bridgehead atoms. The molecular formula is C10H18N4OS. The fourth-order valence-corrected chi connectivity index (χ4v) is 1.52. The summed E-state index contributed by atoms with van der Waals surface area (Å²) in [5.41, 5.74) is 0. The maximum atomic E-state index is 11.6. The molecule has 0 spiro atoms. The van der Waals surface area contributed by atoms with E-state index in [-0.39, 0.29) is 12.5 Å². The molecule has 1 aromatic rings. The van der Waals surface area contributed by atoms with E-state index in [9.17, 15) is 4.79 Å². The van der Waals surface area contributed by atoms with Crippen LogP contribution in [-0.2, 0) is 17.8 Å². The lowest BCUT2D eigenvalue weighted by Gasteiger charge is -2.08. The predicted octanol–water partition coefficient (Wildman–Crippen LogP) is 1.28. The van der Waals surface area contributed by atoms with Crippen molar-refractivity contribution in [1.82, 2.24) is 20.1 Å². The highest BCUT2D eigenvalue weighted by molar-refractivity contribution is 7.71. The summed E-state index contributed by atoms with van der Waals surface area (Å²) in [5, 5.41) is 9.59. The van der Waals surface area contributed by atoms with E-state index < -0.39 is 0 Å². The van der Waals surface area contributed by atoms with E-state index >= 15 is 0 Å². The summed E-state index contributed by atoms with van der Waals surface area (Å²) in [6.07, 6.45) is 0.755. The molecule has 0 saturated carbocycles. The Morgan fingerprint density at radius 2 is 2.31 bits per heavy atom. The van der Waals surface area contributed by atoms with Crippen LogP contribution in [-0.4, -0.2) is 27.2 Å². The molecule has 0 aliphatic heterocycles. The van der Waals surface area contributed by atoms with E-state index in [4.69, 9.17) is 12.2 Å². The summed E-state index contributed by atoms with van der Waals surface area (Å²) in [5.74, 6) is 1.23. The number of carbonyl (C=O) groups is 1. The fourth-order valence-electron chi connectivity index (χ4n) is 1.30. The van der Waals surface area contributed by atoms with Crippen LogP contribution in [0.2, 0.25) is 0 Å². The van der Waals surface area contributed by atoms with Crippen molar-refractivity contribution >= 4 is 18.1 Å². The molecule has 0 unspecified atom stereocenters. The Hall–Kier alpha value is -1.17. The Morgan fingerprint density at radius 1 is 1.62 bits per heavy atom. The third kappa shape index (κ3) is 3.44. The lowest BCUT2D eigenvalue weighted by atomic mass is 10.2. The van der Waals surface area contributed by atoms with Crippen LogP contribution in [0.5, 0.6) is 0 Å². The summed E-state index contributed by atoms with van der Waals surface area (Å²) in [7, 11) is 0. The van der Waals surface area contributed by atoms with E-state index in [1.54, 1.807) is 4.57 Å². The van der Waals surface area contributed by atoms with Crippen molar-refractivity contribution in [2.24, 2.45) is 5.92 Å². The third-order valence-electron chi connectivity index (χ3n) is 2.16. The monoisotopic (exact) mass is 242 g/mol. The van der Waals surface area contributed by atoms with Gasteiger partial charge >= 0.3 is 0 Å². The molecule has 0 atom stereocenters. The molecule has 5 nitrogen and oxygen atoms in total. The van der Waals surface area contributed by atoms with E-state index in [0.717, 1.165) is 12.2 Å². The van der Waals surface area contributed by atoms with Crippen molar-refractivity contribution in [1.29, 1.82) is 0 Å². The van der Waals surface area contributed by atoms with Gasteiger partial charge in [0.05, 0.1) is 0 Å². The zero-order valence-electron chi connectivity index (χ0n) is 9.91. The van der Waals surface area contributed by atoms with Crippen LogP contribution >= 0.6 is 12.2 Å². The smallest absolute Gasteiger partial charge is 0.240 e. The van der Waals surface area contributed by atoms with Crippen LogP contribution in [0.25, 0.3) is 0 Å². The molecule has 2 N–H and O–H groups in total. The van der Waals surface area contributed by atoms with Crippen molar-refractivity contribution in [2.45, 2.75) is 33.7 Å². The molecule has 0 saturated heterocycles. The molecule has 1 aromatic heterocycles. The normalized spacial score (nSPS) is 10.8. The summed E-state index contributed by atoms with van der Waals surface area (Å²) in [4.78, 5) is 11.6. The minimum Gasteiger partial charge on any atom is -0.354 e. The van der Waals surface area contributed by atoms with Gasteiger partial charge in [0.25, 0.3) is 0 Å². The molecule has 1 rings (SSSR count). The van der Waals surface area contributed by atoms with E-state index in [0.29, 0.717) is 17.2 Å². The maximum Gasteiger partial charge on any atom is 0.240 e. The van der Waals surface area contributed by atoms with Crippen molar-refractivity contribution in [2.75, 3.05) is 6.54 Å². The molecule has 6 heteroatoms. The Balaban J connectivity index is 2.62. The second-order valence-corrected chi connectivity index (χ2v) is 4.47. The molecule has 0 fully saturated rings. The van der Waals surface area contributed by atoms with E-state index in [1.807, 2.05) is 6.92 Å². The van der Waals surface area contributed by atoms with Gasteiger partial charge in [0.1, 0.15) is 12.4 Å². The van der Waals surface area contributed by atoms with Crippen molar-refractivity contribution in [3.8, 4) is 0 Å². The van der Waals surface area contributed by atoms with Gasteiger partial charge in [0, 0.05) is 13.0 Å². The first-order valence-electron chi connectivity index (χ1n) is 5.45. The van der Waals surface area contributed by atoms with Gasteiger partial charge in [-0.15, -0.1) is 0 Å². The number of hydrogen-bond donors (Lipinski definition) is 2. The largest absolute Gasteiger partial charge is 0.354 e. The summed E-state index contributed by atoms with van der Waals surface area (Å²) in [6, 6.07) is 0. The highest BCUT2D eigenvalue weighted by Gasteiger charge is 2.08. The Labute approximate surface area is 100 Å². The number of aryl methyl sites for hydroxylation is 1. The third-order valence-corrected chi connectivity index (χ3v) is 2.47. The predicted molar refractivity (Wildman–Crippen MR) is 64.6 cm³/mol. The average Bonchev–Trinajstić information content (AvgIpc) is 2.57. The minimum atomic E-state index is -0.0269. The Bertz CT molecular complexity index is 407. The second-order valence-electron chi connectivity index (χ2n) is 4.08. The molecular weight excluding hydrogens is 224 g/mol. The summed E-state index contributed by atoms with van der Waals surface area (Å²) < 4.78 is 2.22. The number of carbonyl (C=O) groups excluding carboxylic acids is 1. The quantitative estimate of drug-likeness (QED) is 0.764. The first kappa shape index (κ1) is 12.9. The second kappa shape index (κ2) is 5.79. The van der Waals surface area contributed by atoms with Gasteiger partial charge in [-0.1, -0.05) is 20.8 Å². The van der Waals surface area contributed by atoms with Gasteiger partial charge in [-0.25, -0.2) is 0 Å². The number of aromatic amines is 1. The molecule has 0 aliphatic carbocycles. The molecule has 16 heavy (non-hydrogen) atoms. The highest BCUT2D eigenvalue weighted by Crippen LogP contribution is 1.98. The maximum absolute atomic E-state index is 11.6. The first-order valence-corrected chi connectivity index (χ1v) is 5.86. The van der Waals surface area contributed by atoms with Gasteiger partial charge in [-0.2, -0.15) is 5.10 Å². The molecule has 0 aromatic carbocycles. The van der Waals surface area contributed by atoms with Crippen molar-refractivity contribution in [3.63, 3.8) is 0 Å². The van der Waals surface area contributed by atoms with Gasteiger partial charge in [-0.3, -0.25) is 14.5 Å². The van der Waals surface area contributed by atoms with Crippen LogP contribution in [0, 0.1) is 10.7 Å². The molecule has 1 heterocycles. The van der Waals surface area contributed by atoms with Gasteiger partial charge in [0.15, 0.2) is 4.77 Å². The van der Waals surface area contributed by atoms with Gasteiger partial charge < -0.3 is 5.32 Å². The number of H-pyrrole nitrogens is 1. The number of amides is 1. The average molecular weight is 242 g/mol. The zero-order chi connectivity index (χ0) is 12.1. The van der Waals surface area contributed by atoms with E-state index in [2.05, 4.69) is 29.4 Å². The Morgan fingerprint density at radius 3 is 2.88 bits per heavy atom. The lowest BCUT2D eigenvalue weighted by molar-refractivity contribution is -0.121. The highest BCUT2D eigenvalue weighted by atomic mass is 32.1. The van der Waals surface area contributed by atoms with Crippen LogP contribution in [0.15, 0.2) is 0 Å². The topological polar surface area (TPSA) is 62.7 Å². The fraction of sp³-hybridized carbons (Fsp3) is 0.700. The standard InChI is InChI=1S/C10H18N4OS/c1-4-8-12-13-10(16)14(8)6-9(15)11-5-7(2)3/h7H,4-6H2,1-3H3,(H,11,15)(H,13,16). The molecule has 1 amide bonds. The van der Waals surface area contributed by atoms with Crippen LogP contribution in [0.1, 0.15) is 26.6 Å². The number of aromatic nitrogens is 3. The SMILES string of the molecule is CCc1n[nH]c(=S)n1CC(=O)NCC(C)C. The van der Waals surface area contributed by atoms with Crippen molar-refractivity contribution in [3.05, 3.63) is 10.6 Å². The molecule has 0 aliphatic rings. The van der Waals surface area contributed by atoms with Gasteiger partial charge in [-0.05, 0) is 18.1 Å². The molecule has 90 valence electrons. The number of hydrogen-bond acceptors (Lipinski definition) is 3. The minimum absolute atomic E-state index is 0.0269. The summed E-state index contributed by atoms with van der Waals surface area (Å²) >= 11 is 5.06. The molecule has 0 radical (unpaired) electrons. The summed E-state index contributed by atoms with van der Waals surface area (Å²) in [6.45, 7) is 7.02. The zero-order valence-corrected chi connectivity index (χ0v) is 10.7. The van der Waals surface area contributed by atoms with Gasteiger partial charge in [0.2, 0.25) is 5.91 Å². The van der Waals surface area contributed by atoms with Crippen LogP contribution in [0.4, 0.5) is 0 Å². The van der Waals surface area contributed by atoms with E-state index in [1.165, 1.54) is 0 Å². The number of rotatable bonds is 5. The number of nitrogens with one attached hydrogen (secondary N) is 2. The first-order chi connectivity index (χ1) is 7.54. The van der Waals surface area contributed by atoms with Crippen molar-refractivity contribution < 1.29 is 4.79 Å².